The second-order valence-corrected chi connectivity index (χ2v) is 9.45. The Balaban J connectivity index is 1.77. The Labute approximate surface area is 222 Å². The molecule has 37 heavy (non-hydrogen) atoms. The van der Waals surface area contributed by atoms with E-state index in [1.807, 2.05) is 47.8 Å². The zero-order chi connectivity index (χ0) is 26.8. The summed E-state index contributed by atoms with van der Waals surface area (Å²) < 4.78 is 21.8. The highest BCUT2D eigenvalue weighted by atomic mass is 32.1. The number of rotatable bonds is 12. The van der Waals surface area contributed by atoms with Gasteiger partial charge in [0, 0.05) is 17.0 Å². The molecule has 0 aliphatic carbocycles. The number of esters is 1. The summed E-state index contributed by atoms with van der Waals surface area (Å²) in [5.74, 6) is 1.65. The first-order chi connectivity index (χ1) is 17.9. The van der Waals surface area contributed by atoms with Gasteiger partial charge in [0.15, 0.2) is 11.5 Å². The van der Waals surface area contributed by atoms with Crippen LogP contribution in [0.15, 0.2) is 53.9 Å². The van der Waals surface area contributed by atoms with E-state index in [1.165, 1.54) is 17.4 Å². The number of hydrogen-bond acceptors (Lipinski definition) is 7. The van der Waals surface area contributed by atoms with Crippen LogP contribution in [0.5, 0.6) is 17.2 Å². The van der Waals surface area contributed by atoms with Crippen LogP contribution in [0.3, 0.4) is 0 Å². The Bertz CT molecular complexity index is 1230. The molecule has 0 saturated heterocycles. The lowest BCUT2D eigenvalue weighted by molar-refractivity contribution is -0.111. The van der Waals surface area contributed by atoms with Crippen LogP contribution in [-0.2, 0) is 9.53 Å². The lowest BCUT2D eigenvalue weighted by Gasteiger charge is -2.12. The van der Waals surface area contributed by atoms with Gasteiger partial charge in [-0.2, -0.15) is 0 Å². The molecule has 196 valence electrons. The van der Waals surface area contributed by atoms with Crippen LogP contribution in [0, 0.1) is 5.92 Å². The van der Waals surface area contributed by atoms with Gasteiger partial charge in [-0.25, -0.2) is 4.79 Å². The summed E-state index contributed by atoms with van der Waals surface area (Å²) in [6, 6.07) is 12.8. The van der Waals surface area contributed by atoms with Crippen molar-refractivity contribution >= 4 is 34.3 Å². The highest BCUT2D eigenvalue weighted by molar-refractivity contribution is 7.15. The molecule has 0 spiro atoms. The maximum absolute atomic E-state index is 12.8. The van der Waals surface area contributed by atoms with E-state index in [9.17, 15) is 9.59 Å². The molecule has 1 aromatic heterocycles. The average Bonchev–Trinajstić information content (AvgIpc) is 3.31. The second kappa shape index (κ2) is 13.5. The molecule has 0 bridgehead atoms. The Kier molecular flexibility index (Phi) is 10.1. The summed E-state index contributed by atoms with van der Waals surface area (Å²) in [7, 11) is 3.18. The van der Waals surface area contributed by atoms with Gasteiger partial charge >= 0.3 is 5.97 Å². The first kappa shape index (κ1) is 27.8. The van der Waals surface area contributed by atoms with Crippen molar-refractivity contribution in [2.24, 2.45) is 5.92 Å². The van der Waals surface area contributed by atoms with Crippen molar-refractivity contribution in [2.75, 3.05) is 32.8 Å². The van der Waals surface area contributed by atoms with Crippen LogP contribution in [0.4, 0.5) is 5.00 Å². The summed E-state index contributed by atoms with van der Waals surface area (Å²) >= 11 is 1.27. The molecule has 0 radical (unpaired) electrons. The van der Waals surface area contributed by atoms with Crippen molar-refractivity contribution in [2.45, 2.75) is 27.2 Å². The number of thiophene rings is 1. The molecule has 0 fully saturated rings. The molecular formula is C29H33NO6S. The summed E-state index contributed by atoms with van der Waals surface area (Å²) in [4.78, 5) is 25.5. The largest absolute Gasteiger partial charge is 0.497 e. The zero-order valence-electron chi connectivity index (χ0n) is 21.8. The Hall–Kier alpha value is -3.78. The van der Waals surface area contributed by atoms with Gasteiger partial charge in [-0.05, 0) is 60.7 Å². The van der Waals surface area contributed by atoms with Gasteiger partial charge in [0.1, 0.15) is 16.3 Å². The van der Waals surface area contributed by atoms with Gasteiger partial charge in [0.25, 0.3) is 0 Å². The SMILES string of the molecule is CCOC(=O)c1c(-c2ccc(OC)cc2)csc1NC(=O)/C=C/c1ccc(OCCC(C)C)c(OC)c1. The summed E-state index contributed by atoms with van der Waals surface area (Å²) in [5.41, 5.74) is 2.60. The molecule has 0 aliphatic rings. The lowest BCUT2D eigenvalue weighted by Crippen LogP contribution is -2.12. The van der Waals surface area contributed by atoms with Crippen molar-refractivity contribution in [3.8, 4) is 28.4 Å². The number of hydrogen-bond donors (Lipinski definition) is 1. The molecule has 1 amide bonds. The maximum Gasteiger partial charge on any atom is 0.341 e. The molecule has 3 aromatic rings. The van der Waals surface area contributed by atoms with Crippen LogP contribution >= 0.6 is 11.3 Å². The van der Waals surface area contributed by atoms with Gasteiger partial charge in [-0.1, -0.05) is 32.0 Å². The molecule has 8 heteroatoms. The van der Waals surface area contributed by atoms with Crippen LogP contribution in [0.1, 0.15) is 43.1 Å². The monoisotopic (exact) mass is 523 g/mol. The highest BCUT2D eigenvalue weighted by Gasteiger charge is 2.22. The minimum Gasteiger partial charge on any atom is -0.497 e. The van der Waals surface area contributed by atoms with Crippen LogP contribution in [0.2, 0.25) is 0 Å². The number of carbonyl (C=O) groups is 2. The summed E-state index contributed by atoms with van der Waals surface area (Å²) in [5, 5.41) is 5.07. The van der Waals surface area contributed by atoms with Crippen LogP contribution in [0.25, 0.3) is 17.2 Å². The molecule has 0 aliphatic heterocycles. The van der Waals surface area contributed by atoms with Gasteiger partial charge < -0.3 is 24.3 Å². The molecule has 0 unspecified atom stereocenters. The smallest absolute Gasteiger partial charge is 0.341 e. The molecular weight excluding hydrogens is 490 g/mol. The molecule has 2 aromatic carbocycles. The molecule has 7 nitrogen and oxygen atoms in total. The third-order valence-corrected chi connectivity index (χ3v) is 6.37. The van der Waals surface area contributed by atoms with E-state index in [4.69, 9.17) is 18.9 Å². The fraction of sp³-hybridized carbons (Fsp3) is 0.310. The normalized spacial score (nSPS) is 11.0. The van der Waals surface area contributed by atoms with Crippen molar-refractivity contribution in [3.63, 3.8) is 0 Å². The third kappa shape index (κ3) is 7.60. The fourth-order valence-electron chi connectivity index (χ4n) is 3.48. The summed E-state index contributed by atoms with van der Waals surface area (Å²) in [6.45, 7) is 6.86. The minimum atomic E-state index is -0.494. The van der Waals surface area contributed by atoms with Crippen molar-refractivity contribution in [1.82, 2.24) is 0 Å². The van der Waals surface area contributed by atoms with Crippen molar-refractivity contribution < 1.29 is 28.5 Å². The third-order valence-electron chi connectivity index (χ3n) is 5.48. The molecule has 3 rings (SSSR count). The van der Waals surface area contributed by atoms with Crippen molar-refractivity contribution in [3.05, 3.63) is 65.0 Å². The first-order valence-corrected chi connectivity index (χ1v) is 13.0. The van der Waals surface area contributed by atoms with Gasteiger partial charge in [-0.3, -0.25) is 4.79 Å². The minimum absolute atomic E-state index is 0.225. The number of anilines is 1. The number of carbonyl (C=O) groups excluding carboxylic acids is 2. The van der Waals surface area contributed by atoms with E-state index in [0.717, 1.165) is 17.5 Å². The van der Waals surface area contributed by atoms with Crippen LogP contribution < -0.4 is 19.5 Å². The second-order valence-electron chi connectivity index (χ2n) is 8.57. The zero-order valence-corrected chi connectivity index (χ0v) is 22.6. The van der Waals surface area contributed by atoms with Gasteiger partial charge in [0.2, 0.25) is 5.91 Å². The topological polar surface area (TPSA) is 83.1 Å². The quantitative estimate of drug-likeness (QED) is 0.210. The van der Waals surface area contributed by atoms with E-state index in [1.54, 1.807) is 27.2 Å². The number of ether oxygens (including phenoxy) is 4. The molecule has 0 saturated carbocycles. The molecule has 1 N–H and O–H groups in total. The van der Waals surface area contributed by atoms with E-state index < -0.39 is 5.97 Å². The maximum atomic E-state index is 12.8. The fourth-order valence-corrected chi connectivity index (χ4v) is 4.44. The Morgan fingerprint density at radius 2 is 1.78 bits per heavy atom. The van der Waals surface area contributed by atoms with Crippen molar-refractivity contribution in [1.29, 1.82) is 0 Å². The number of nitrogens with one attached hydrogen (secondary N) is 1. The van der Waals surface area contributed by atoms with E-state index in [-0.39, 0.29) is 12.5 Å². The first-order valence-electron chi connectivity index (χ1n) is 12.1. The Morgan fingerprint density at radius 3 is 2.43 bits per heavy atom. The highest BCUT2D eigenvalue weighted by Crippen LogP contribution is 2.37. The lowest BCUT2D eigenvalue weighted by atomic mass is 10.0. The van der Waals surface area contributed by atoms with E-state index in [0.29, 0.717) is 45.9 Å². The standard InChI is InChI=1S/C29H33NO6S/c1-6-35-29(32)27-23(21-9-11-22(33-4)12-10-21)18-37-28(27)30-26(31)14-8-20-7-13-24(25(17-20)34-5)36-16-15-19(2)3/h7-14,17-19H,6,15-16H2,1-5H3,(H,30,31)/b14-8+. The van der Waals surface area contributed by atoms with E-state index >= 15 is 0 Å². The van der Waals surface area contributed by atoms with E-state index in [2.05, 4.69) is 19.2 Å². The number of amides is 1. The predicted octanol–water partition coefficient (Wildman–Crippen LogP) is 6.69. The predicted molar refractivity (Wildman–Crippen MR) is 148 cm³/mol. The Morgan fingerprint density at radius 1 is 1.03 bits per heavy atom. The summed E-state index contributed by atoms with van der Waals surface area (Å²) in [6.07, 6.45) is 4.04. The molecule has 0 atom stereocenters. The van der Waals surface area contributed by atoms with Gasteiger partial charge in [0.05, 0.1) is 27.4 Å². The van der Waals surface area contributed by atoms with Gasteiger partial charge in [-0.15, -0.1) is 11.3 Å². The average molecular weight is 524 g/mol. The molecule has 1 heterocycles. The number of methoxy groups -OCH3 is 2. The van der Waals surface area contributed by atoms with Crippen LogP contribution in [-0.4, -0.2) is 39.3 Å². The number of benzene rings is 2.